The highest BCUT2D eigenvalue weighted by atomic mass is 16.4. The number of fused-ring (bicyclic) bond motifs is 1. The van der Waals surface area contributed by atoms with E-state index in [0.29, 0.717) is 11.5 Å². The molecule has 0 fully saturated rings. The Morgan fingerprint density at radius 2 is 2.11 bits per heavy atom. The molecule has 0 aliphatic rings. The second-order valence-corrected chi connectivity index (χ2v) is 4.21. The van der Waals surface area contributed by atoms with Crippen LogP contribution in [0.3, 0.4) is 0 Å². The van der Waals surface area contributed by atoms with Crippen LogP contribution in [0.1, 0.15) is 16.1 Å². The van der Waals surface area contributed by atoms with Crippen molar-refractivity contribution in [1.29, 1.82) is 0 Å². The largest absolute Gasteiger partial charge is 0.478 e. The standard InChI is InChI=1S/C14H11N3O2/c1-9-12-6-5-10(14(18)19)8-17(12)13(16-9)11-4-2-3-7-15-11/h2-8H,1H3,(H,18,19). The van der Waals surface area contributed by atoms with Crippen LogP contribution in [0.4, 0.5) is 0 Å². The van der Waals surface area contributed by atoms with E-state index in [2.05, 4.69) is 9.97 Å². The van der Waals surface area contributed by atoms with Gasteiger partial charge in [-0.3, -0.25) is 9.38 Å². The van der Waals surface area contributed by atoms with E-state index in [-0.39, 0.29) is 5.56 Å². The third kappa shape index (κ3) is 1.85. The minimum Gasteiger partial charge on any atom is -0.478 e. The summed E-state index contributed by atoms with van der Waals surface area (Å²) in [6, 6.07) is 8.89. The lowest BCUT2D eigenvalue weighted by molar-refractivity contribution is 0.0696. The zero-order chi connectivity index (χ0) is 13.4. The summed E-state index contributed by atoms with van der Waals surface area (Å²) in [5.74, 6) is -0.309. The summed E-state index contributed by atoms with van der Waals surface area (Å²) >= 11 is 0. The Bertz CT molecular complexity index is 763. The summed E-state index contributed by atoms with van der Waals surface area (Å²) in [4.78, 5) is 19.8. The van der Waals surface area contributed by atoms with E-state index >= 15 is 0 Å². The van der Waals surface area contributed by atoms with Crippen LogP contribution in [0.2, 0.25) is 0 Å². The van der Waals surface area contributed by atoms with Gasteiger partial charge in [-0.2, -0.15) is 0 Å². The maximum Gasteiger partial charge on any atom is 0.337 e. The second-order valence-electron chi connectivity index (χ2n) is 4.21. The molecule has 0 aliphatic heterocycles. The van der Waals surface area contributed by atoms with E-state index in [1.54, 1.807) is 28.9 Å². The molecular formula is C14H11N3O2. The number of rotatable bonds is 2. The molecular weight excluding hydrogens is 242 g/mol. The van der Waals surface area contributed by atoms with Gasteiger partial charge in [0.25, 0.3) is 0 Å². The van der Waals surface area contributed by atoms with Crippen molar-refractivity contribution in [3.8, 4) is 11.5 Å². The predicted molar refractivity (Wildman–Crippen MR) is 70.1 cm³/mol. The molecule has 5 nitrogen and oxygen atoms in total. The molecule has 0 radical (unpaired) electrons. The van der Waals surface area contributed by atoms with Crippen LogP contribution in [0.5, 0.6) is 0 Å². The number of nitrogens with zero attached hydrogens (tertiary/aromatic N) is 3. The van der Waals surface area contributed by atoms with Crippen molar-refractivity contribution in [1.82, 2.24) is 14.4 Å². The van der Waals surface area contributed by atoms with Crippen LogP contribution in [-0.4, -0.2) is 25.4 Å². The predicted octanol–water partition coefficient (Wildman–Crippen LogP) is 2.40. The smallest absolute Gasteiger partial charge is 0.337 e. The molecule has 0 unspecified atom stereocenters. The Morgan fingerprint density at radius 1 is 1.26 bits per heavy atom. The average Bonchev–Trinajstić information content (AvgIpc) is 2.77. The van der Waals surface area contributed by atoms with E-state index in [1.165, 1.54) is 0 Å². The first kappa shape index (κ1) is 11.4. The van der Waals surface area contributed by atoms with Crippen molar-refractivity contribution in [3.05, 3.63) is 54.0 Å². The molecule has 0 spiro atoms. The zero-order valence-electron chi connectivity index (χ0n) is 10.2. The molecule has 3 aromatic heterocycles. The molecule has 0 atom stereocenters. The number of aromatic carboxylic acids is 1. The van der Waals surface area contributed by atoms with Crippen molar-refractivity contribution in [3.63, 3.8) is 0 Å². The maximum atomic E-state index is 11.0. The molecule has 0 saturated heterocycles. The van der Waals surface area contributed by atoms with Crippen LogP contribution in [0.25, 0.3) is 17.0 Å². The molecule has 19 heavy (non-hydrogen) atoms. The van der Waals surface area contributed by atoms with E-state index in [4.69, 9.17) is 5.11 Å². The lowest BCUT2D eigenvalue weighted by Crippen LogP contribution is -1.99. The highest BCUT2D eigenvalue weighted by molar-refractivity contribution is 5.88. The number of aromatic nitrogens is 3. The Labute approximate surface area is 109 Å². The molecule has 94 valence electrons. The van der Waals surface area contributed by atoms with Crippen LogP contribution in [0.15, 0.2) is 42.7 Å². The van der Waals surface area contributed by atoms with Crippen molar-refractivity contribution >= 4 is 11.5 Å². The fraction of sp³-hybridized carbons (Fsp3) is 0.0714. The van der Waals surface area contributed by atoms with Gasteiger partial charge in [-0.25, -0.2) is 9.78 Å². The summed E-state index contributed by atoms with van der Waals surface area (Å²) in [5, 5.41) is 9.06. The van der Waals surface area contributed by atoms with Crippen molar-refractivity contribution in [2.45, 2.75) is 6.92 Å². The number of carbonyl (C=O) groups is 1. The van der Waals surface area contributed by atoms with Crippen LogP contribution < -0.4 is 0 Å². The van der Waals surface area contributed by atoms with Crippen LogP contribution in [-0.2, 0) is 0 Å². The monoisotopic (exact) mass is 253 g/mol. The summed E-state index contributed by atoms with van der Waals surface area (Å²) in [6.45, 7) is 1.89. The Balaban J connectivity index is 2.30. The summed E-state index contributed by atoms with van der Waals surface area (Å²) in [6.07, 6.45) is 3.26. The number of imidazole rings is 1. The molecule has 1 N–H and O–H groups in total. The van der Waals surface area contributed by atoms with Crippen molar-refractivity contribution in [2.75, 3.05) is 0 Å². The Morgan fingerprint density at radius 3 is 2.79 bits per heavy atom. The number of hydrogen-bond donors (Lipinski definition) is 1. The van der Waals surface area contributed by atoms with E-state index in [1.807, 2.05) is 25.1 Å². The first-order valence-corrected chi connectivity index (χ1v) is 5.80. The van der Waals surface area contributed by atoms with Crippen LogP contribution in [0, 0.1) is 6.92 Å². The fourth-order valence-corrected chi connectivity index (χ4v) is 2.04. The van der Waals surface area contributed by atoms with Gasteiger partial charge in [0.2, 0.25) is 0 Å². The molecule has 0 saturated carbocycles. The van der Waals surface area contributed by atoms with Crippen molar-refractivity contribution < 1.29 is 9.90 Å². The highest BCUT2D eigenvalue weighted by Gasteiger charge is 2.12. The van der Waals surface area contributed by atoms with Gasteiger partial charge in [-0.05, 0) is 31.2 Å². The molecule has 5 heteroatoms. The molecule has 3 rings (SSSR count). The van der Waals surface area contributed by atoms with Crippen molar-refractivity contribution in [2.24, 2.45) is 0 Å². The molecule has 0 aromatic carbocycles. The number of aryl methyl sites for hydroxylation is 1. The van der Waals surface area contributed by atoms with Gasteiger partial charge in [0.15, 0.2) is 5.82 Å². The van der Waals surface area contributed by atoms with E-state index in [0.717, 1.165) is 11.2 Å². The van der Waals surface area contributed by atoms with Gasteiger partial charge in [0.05, 0.1) is 16.8 Å². The number of pyridine rings is 2. The first-order valence-electron chi connectivity index (χ1n) is 5.80. The topological polar surface area (TPSA) is 67.5 Å². The molecule has 0 aliphatic carbocycles. The minimum atomic E-state index is -0.958. The number of carboxylic acid groups (broad SMARTS) is 1. The van der Waals surface area contributed by atoms with Gasteiger partial charge in [0, 0.05) is 12.4 Å². The third-order valence-corrected chi connectivity index (χ3v) is 2.96. The normalized spacial score (nSPS) is 10.8. The van der Waals surface area contributed by atoms with Gasteiger partial charge >= 0.3 is 5.97 Å². The first-order chi connectivity index (χ1) is 9.16. The van der Waals surface area contributed by atoms with Gasteiger partial charge in [-0.1, -0.05) is 6.07 Å². The van der Waals surface area contributed by atoms with Gasteiger partial charge in [-0.15, -0.1) is 0 Å². The molecule has 0 amide bonds. The SMILES string of the molecule is Cc1nc(-c2ccccn2)n2cc(C(=O)O)ccc12. The van der Waals surface area contributed by atoms with Gasteiger partial charge < -0.3 is 5.11 Å². The molecule has 3 aromatic rings. The summed E-state index contributed by atoms with van der Waals surface area (Å²) in [7, 11) is 0. The summed E-state index contributed by atoms with van der Waals surface area (Å²) < 4.78 is 1.76. The van der Waals surface area contributed by atoms with Gasteiger partial charge in [0.1, 0.15) is 5.69 Å². The number of carboxylic acids is 1. The Hall–Kier alpha value is -2.69. The fourth-order valence-electron chi connectivity index (χ4n) is 2.04. The van der Waals surface area contributed by atoms with Crippen LogP contribution >= 0.6 is 0 Å². The average molecular weight is 253 g/mol. The lowest BCUT2D eigenvalue weighted by Gasteiger charge is -2.02. The summed E-state index contributed by atoms with van der Waals surface area (Å²) in [5.41, 5.74) is 2.67. The molecule has 0 bridgehead atoms. The van der Waals surface area contributed by atoms with E-state index < -0.39 is 5.97 Å². The lowest BCUT2D eigenvalue weighted by atomic mass is 10.2. The Kier molecular flexibility index (Phi) is 2.52. The minimum absolute atomic E-state index is 0.224. The maximum absolute atomic E-state index is 11.0. The number of hydrogen-bond acceptors (Lipinski definition) is 3. The zero-order valence-corrected chi connectivity index (χ0v) is 10.2. The quantitative estimate of drug-likeness (QED) is 0.761. The third-order valence-electron chi connectivity index (χ3n) is 2.96. The second kappa shape index (κ2) is 4.20. The highest BCUT2D eigenvalue weighted by Crippen LogP contribution is 2.21. The molecule has 3 heterocycles. The van der Waals surface area contributed by atoms with E-state index in [9.17, 15) is 4.79 Å².